The molecule has 0 heterocycles. The second kappa shape index (κ2) is 9.08. The summed E-state index contributed by atoms with van der Waals surface area (Å²) in [7, 11) is 7.29. The Labute approximate surface area is 149 Å². The van der Waals surface area contributed by atoms with Crippen LogP contribution in [0.5, 0.6) is 11.5 Å². The van der Waals surface area contributed by atoms with E-state index in [1.165, 1.54) is 0 Å². The van der Waals surface area contributed by atoms with E-state index in [1.807, 2.05) is 50.5 Å². The Morgan fingerprint density at radius 3 is 2.56 bits per heavy atom. The van der Waals surface area contributed by atoms with E-state index in [1.54, 1.807) is 14.2 Å². The summed E-state index contributed by atoms with van der Waals surface area (Å²) >= 11 is 0. The summed E-state index contributed by atoms with van der Waals surface area (Å²) in [4.78, 5) is 14.4. The Bertz CT molecular complexity index is 714. The molecule has 0 fully saturated rings. The molecule has 0 aliphatic carbocycles. The van der Waals surface area contributed by atoms with E-state index >= 15 is 0 Å². The summed E-state index contributed by atoms with van der Waals surface area (Å²) in [5, 5.41) is 2.96. The number of methoxy groups -OCH3 is 2. The molecule has 134 valence electrons. The number of aryl methyl sites for hydroxylation is 1. The number of nitrogens with zero attached hydrogens (tertiary/aromatic N) is 1. The third-order valence-electron chi connectivity index (χ3n) is 3.82. The number of hydrogen-bond acceptors (Lipinski definition) is 4. The number of carbonyl (C=O) groups is 1. The van der Waals surface area contributed by atoms with E-state index in [4.69, 9.17) is 9.47 Å². The fraction of sp³-hybridized carbons (Fsp3) is 0.350. The molecule has 0 aromatic heterocycles. The lowest BCUT2D eigenvalue weighted by atomic mass is 10.1. The molecule has 2 aromatic carbocycles. The number of nitrogens with one attached hydrogen (secondary N) is 1. The molecule has 2 rings (SSSR count). The molecule has 0 spiro atoms. The van der Waals surface area contributed by atoms with Crippen LogP contribution >= 0.6 is 0 Å². The molecule has 5 heteroatoms. The molecule has 0 bridgehead atoms. The number of rotatable bonds is 8. The maximum absolute atomic E-state index is 12.3. The smallest absolute Gasteiger partial charge is 0.224 e. The molecule has 1 N–H and O–H groups in total. The topological polar surface area (TPSA) is 50.8 Å². The SMILES string of the molecule is COc1ccc(OC)c(CCC(=O)Nc2cccc(CN(C)C)c2)c1. The lowest BCUT2D eigenvalue weighted by molar-refractivity contribution is -0.116. The zero-order chi connectivity index (χ0) is 18.2. The van der Waals surface area contributed by atoms with Gasteiger partial charge in [0.15, 0.2) is 0 Å². The summed E-state index contributed by atoms with van der Waals surface area (Å²) in [5.41, 5.74) is 2.94. The first-order valence-corrected chi connectivity index (χ1v) is 8.26. The van der Waals surface area contributed by atoms with E-state index in [2.05, 4.69) is 16.3 Å². The van der Waals surface area contributed by atoms with Gasteiger partial charge in [-0.3, -0.25) is 4.79 Å². The van der Waals surface area contributed by atoms with Crippen LogP contribution in [0.1, 0.15) is 17.5 Å². The molecule has 0 aliphatic rings. The predicted octanol–water partition coefficient (Wildman–Crippen LogP) is 3.34. The predicted molar refractivity (Wildman–Crippen MR) is 100 cm³/mol. The molecule has 2 aromatic rings. The van der Waals surface area contributed by atoms with Gasteiger partial charge in [-0.2, -0.15) is 0 Å². The third-order valence-corrected chi connectivity index (χ3v) is 3.82. The Hall–Kier alpha value is -2.53. The highest BCUT2D eigenvalue weighted by molar-refractivity contribution is 5.90. The number of carbonyl (C=O) groups excluding carboxylic acids is 1. The number of benzene rings is 2. The van der Waals surface area contributed by atoms with Crippen molar-refractivity contribution in [2.45, 2.75) is 19.4 Å². The lowest BCUT2D eigenvalue weighted by Crippen LogP contribution is -2.14. The highest BCUT2D eigenvalue weighted by Crippen LogP contribution is 2.25. The fourth-order valence-electron chi connectivity index (χ4n) is 2.66. The summed E-state index contributed by atoms with van der Waals surface area (Å²) < 4.78 is 10.6. The van der Waals surface area contributed by atoms with Crippen molar-refractivity contribution < 1.29 is 14.3 Å². The molecular weight excluding hydrogens is 316 g/mol. The van der Waals surface area contributed by atoms with Gasteiger partial charge in [-0.15, -0.1) is 0 Å². The fourth-order valence-corrected chi connectivity index (χ4v) is 2.66. The Kier molecular flexibility index (Phi) is 6.83. The van der Waals surface area contributed by atoms with Crippen LogP contribution in [-0.2, 0) is 17.8 Å². The van der Waals surface area contributed by atoms with Crippen LogP contribution in [-0.4, -0.2) is 39.1 Å². The highest BCUT2D eigenvalue weighted by Gasteiger charge is 2.09. The van der Waals surface area contributed by atoms with Crippen LogP contribution in [0.4, 0.5) is 5.69 Å². The van der Waals surface area contributed by atoms with E-state index in [0.29, 0.717) is 12.8 Å². The van der Waals surface area contributed by atoms with Gasteiger partial charge in [-0.05, 0) is 62.0 Å². The number of hydrogen-bond donors (Lipinski definition) is 1. The number of ether oxygens (including phenoxy) is 2. The zero-order valence-electron chi connectivity index (χ0n) is 15.3. The standard InChI is InChI=1S/C20H26N2O3/c1-22(2)14-15-6-5-7-17(12-15)21-20(23)11-8-16-13-18(24-3)9-10-19(16)25-4/h5-7,9-10,12-13H,8,11,14H2,1-4H3,(H,21,23). The van der Waals surface area contributed by atoms with Gasteiger partial charge in [0.1, 0.15) is 11.5 Å². The monoisotopic (exact) mass is 342 g/mol. The summed E-state index contributed by atoms with van der Waals surface area (Å²) in [6.45, 7) is 0.838. The van der Waals surface area contributed by atoms with Crippen molar-refractivity contribution >= 4 is 11.6 Å². The van der Waals surface area contributed by atoms with Gasteiger partial charge in [0.25, 0.3) is 0 Å². The van der Waals surface area contributed by atoms with Crippen molar-refractivity contribution in [2.24, 2.45) is 0 Å². The highest BCUT2D eigenvalue weighted by atomic mass is 16.5. The summed E-state index contributed by atoms with van der Waals surface area (Å²) in [6, 6.07) is 13.5. The molecule has 5 nitrogen and oxygen atoms in total. The average Bonchev–Trinajstić information content (AvgIpc) is 2.59. The van der Waals surface area contributed by atoms with E-state index in [-0.39, 0.29) is 5.91 Å². The molecule has 0 atom stereocenters. The van der Waals surface area contributed by atoms with Crippen LogP contribution in [0.15, 0.2) is 42.5 Å². The first-order valence-electron chi connectivity index (χ1n) is 8.26. The lowest BCUT2D eigenvalue weighted by Gasteiger charge is -2.12. The molecule has 0 unspecified atom stereocenters. The van der Waals surface area contributed by atoms with Crippen LogP contribution in [0.2, 0.25) is 0 Å². The average molecular weight is 342 g/mol. The Morgan fingerprint density at radius 2 is 1.88 bits per heavy atom. The van der Waals surface area contributed by atoms with E-state index < -0.39 is 0 Å². The summed E-state index contributed by atoms with van der Waals surface area (Å²) in [5.74, 6) is 1.50. The second-order valence-corrected chi connectivity index (χ2v) is 6.16. The minimum absolute atomic E-state index is 0.0214. The van der Waals surface area contributed by atoms with Crippen molar-refractivity contribution in [3.8, 4) is 11.5 Å². The maximum atomic E-state index is 12.3. The van der Waals surface area contributed by atoms with Gasteiger partial charge < -0.3 is 19.7 Å². The van der Waals surface area contributed by atoms with Gasteiger partial charge in [-0.1, -0.05) is 12.1 Å². The molecular formula is C20H26N2O3. The van der Waals surface area contributed by atoms with Gasteiger partial charge in [0, 0.05) is 18.7 Å². The largest absolute Gasteiger partial charge is 0.497 e. The van der Waals surface area contributed by atoms with Gasteiger partial charge >= 0.3 is 0 Å². The van der Waals surface area contributed by atoms with Gasteiger partial charge in [0.2, 0.25) is 5.91 Å². The first kappa shape index (κ1) is 18.8. The third kappa shape index (κ3) is 5.80. The summed E-state index contributed by atoms with van der Waals surface area (Å²) in [6.07, 6.45) is 0.963. The minimum atomic E-state index is -0.0214. The normalized spacial score (nSPS) is 10.6. The van der Waals surface area contributed by atoms with Crippen molar-refractivity contribution in [1.82, 2.24) is 4.90 Å². The molecule has 1 amide bonds. The zero-order valence-corrected chi connectivity index (χ0v) is 15.3. The van der Waals surface area contributed by atoms with Crippen LogP contribution in [0.3, 0.4) is 0 Å². The van der Waals surface area contributed by atoms with Crippen molar-refractivity contribution in [3.05, 3.63) is 53.6 Å². The molecule has 0 aliphatic heterocycles. The van der Waals surface area contributed by atoms with Crippen LogP contribution in [0.25, 0.3) is 0 Å². The molecule has 25 heavy (non-hydrogen) atoms. The van der Waals surface area contributed by atoms with Crippen LogP contribution < -0.4 is 14.8 Å². The Morgan fingerprint density at radius 1 is 1.08 bits per heavy atom. The maximum Gasteiger partial charge on any atom is 0.224 e. The van der Waals surface area contributed by atoms with Crippen molar-refractivity contribution in [3.63, 3.8) is 0 Å². The quantitative estimate of drug-likeness (QED) is 0.799. The van der Waals surface area contributed by atoms with Gasteiger partial charge in [-0.25, -0.2) is 0 Å². The molecule has 0 saturated carbocycles. The van der Waals surface area contributed by atoms with Crippen molar-refractivity contribution in [1.29, 1.82) is 0 Å². The van der Waals surface area contributed by atoms with Gasteiger partial charge in [0.05, 0.1) is 14.2 Å². The Balaban J connectivity index is 1.97. The first-order chi connectivity index (χ1) is 12.0. The van der Waals surface area contributed by atoms with Crippen molar-refractivity contribution in [2.75, 3.05) is 33.6 Å². The van der Waals surface area contributed by atoms with E-state index in [9.17, 15) is 4.79 Å². The number of anilines is 1. The second-order valence-electron chi connectivity index (χ2n) is 6.16. The minimum Gasteiger partial charge on any atom is -0.497 e. The molecule has 0 saturated heterocycles. The van der Waals surface area contributed by atoms with E-state index in [0.717, 1.165) is 34.9 Å². The van der Waals surface area contributed by atoms with Crippen LogP contribution in [0, 0.1) is 0 Å². The molecule has 0 radical (unpaired) electrons. The number of amides is 1.